The predicted molar refractivity (Wildman–Crippen MR) is 96.2 cm³/mol. The summed E-state index contributed by atoms with van der Waals surface area (Å²) >= 11 is 0. The van der Waals surface area contributed by atoms with Gasteiger partial charge in [0.05, 0.1) is 0 Å². The van der Waals surface area contributed by atoms with Gasteiger partial charge in [-0.2, -0.15) is 0 Å². The minimum Gasteiger partial charge on any atom is -0.0654 e. The normalized spacial score (nSPS) is 14.2. The molecule has 2 aromatic carbocycles. The van der Waals surface area contributed by atoms with Gasteiger partial charge in [0.1, 0.15) is 0 Å². The molecule has 0 N–H and O–H groups in total. The molecule has 0 saturated carbocycles. The Kier molecular flexibility index (Phi) is 5.32. The minimum absolute atomic E-state index is 0.812. The zero-order valence-corrected chi connectivity index (χ0v) is 13.9. The molecular weight excluding hydrogens is 264 g/mol. The molecule has 0 heterocycles. The van der Waals surface area contributed by atoms with Gasteiger partial charge in [0.15, 0.2) is 0 Å². The lowest BCUT2D eigenvalue weighted by Crippen LogP contribution is -2.07. The third-order valence-electron chi connectivity index (χ3n) is 5.06. The zero-order chi connectivity index (χ0) is 15.2. The van der Waals surface area contributed by atoms with Crippen molar-refractivity contribution in [3.05, 3.63) is 59.7 Å². The van der Waals surface area contributed by atoms with Gasteiger partial charge in [0.25, 0.3) is 0 Å². The number of unbranched alkanes of at least 4 members (excludes halogenated alkanes) is 4. The van der Waals surface area contributed by atoms with Crippen LogP contribution in [-0.4, -0.2) is 0 Å². The molecule has 0 aromatic heterocycles. The van der Waals surface area contributed by atoms with Gasteiger partial charge in [0, 0.05) is 0 Å². The fourth-order valence-corrected chi connectivity index (χ4v) is 3.86. The summed E-state index contributed by atoms with van der Waals surface area (Å²) in [4.78, 5) is 0. The number of hydrogen-bond acceptors (Lipinski definition) is 0. The minimum atomic E-state index is 0.812. The largest absolute Gasteiger partial charge is 0.0654 e. The first-order valence-corrected chi connectivity index (χ1v) is 9.04. The molecule has 2 aromatic rings. The molecule has 0 spiro atoms. The van der Waals surface area contributed by atoms with E-state index in [-0.39, 0.29) is 0 Å². The van der Waals surface area contributed by atoms with Crippen LogP contribution in [0.25, 0.3) is 11.1 Å². The Hall–Kier alpha value is -1.56. The highest BCUT2D eigenvalue weighted by Gasteiger charge is 2.20. The molecule has 22 heavy (non-hydrogen) atoms. The first-order valence-electron chi connectivity index (χ1n) is 9.04. The Labute approximate surface area is 135 Å². The van der Waals surface area contributed by atoms with Crippen molar-refractivity contribution < 1.29 is 0 Å². The quantitative estimate of drug-likeness (QED) is 0.538. The highest BCUT2D eigenvalue weighted by Crippen LogP contribution is 2.35. The molecule has 0 saturated heterocycles. The number of benzene rings is 2. The van der Waals surface area contributed by atoms with Crippen LogP contribution in [0.1, 0.15) is 56.6 Å². The predicted octanol–water partition coefficient (Wildman–Crippen LogP) is 6.43. The summed E-state index contributed by atoms with van der Waals surface area (Å²) in [5.74, 6) is 0.812. The van der Waals surface area contributed by atoms with E-state index in [2.05, 4.69) is 55.5 Å². The molecule has 1 aliphatic rings. The smallest absolute Gasteiger partial charge is 0.0149 e. The highest BCUT2D eigenvalue weighted by molar-refractivity contribution is 5.71. The monoisotopic (exact) mass is 292 g/mol. The second-order valence-electron chi connectivity index (χ2n) is 6.79. The number of hydrogen-bond donors (Lipinski definition) is 0. The Bertz CT molecular complexity index is 549. The van der Waals surface area contributed by atoms with Crippen molar-refractivity contribution in [2.24, 2.45) is 5.92 Å². The SMILES string of the molecule is CCCCCCCC1Cc2ccccc2-c2ccccc2C1. The second-order valence-corrected chi connectivity index (χ2v) is 6.79. The summed E-state index contributed by atoms with van der Waals surface area (Å²) in [6.07, 6.45) is 10.8. The Morgan fingerprint density at radius 3 is 1.86 bits per heavy atom. The average Bonchev–Trinajstić information content (AvgIpc) is 2.71. The van der Waals surface area contributed by atoms with Crippen LogP contribution in [0.2, 0.25) is 0 Å². The first kappa shape index (κ1) is 15.3. The first-order chi connectivity index (χ1) is 10.9. The molecular formula is C22H28. The topological polar surface area (TPSA) is 0 Å². The van der Waals surface area contributed by atoms with E-state index < -0.39 is 0 Å². The van der Waals surface area contributed by atoms with E-state index in [0.717, 1.165) is 5.92 Å². The molecule has 0 unspecified atom stereocenters. The van der Waals surface area contributed by atoms with Crippen LogP contribution in [0.5, 0.6) is 0 Å². The van der Waals surface area contributed by atoms with Crippen molar-refractivity contribution in [1.82, 2.24) is 0 Å². The van der Waals surface area contributed by atoms with Crippen LogP contribution < -0.4 is 0 Å². The van der Waals surface area contributed by atoms with E-state index in [0.29, 0.717) is 0 Å². The summed E-state index contributed by atoms with van der Waals surface area (Å²) in [6, 6.07) is 18.0. The van der Waals surface area contributed by atoms with Crippen LogP contribution >= 0.6 is 0 Å². The molecule has 0 atom stereocenters. The Morgan fingerprint density at radius 2 is 1.27 bits per heavy atom. The third-order valence-corrected chi connectivity index (χ3v) is 5.06. The molecule has 0 amide bonds. The van der Waals surface area contributed by atoms with Crippen LogP contribution in [-0.2, 0) is 12.8 Å². The van der Waals surface area contributed by atoms with Gasteiger partial charge in [-0.15, -0.1) is 0 Å². The van der Waals surface area contributed by atoms with Gasteiger partial charge in [-0.05, 0) is 47.4 Å². The fraction of sp³-hybridized carbons (Fsp3) is 0.455. The van der Waals surface area contributed by atoms with E-state index in [4.69, 9.17) is 0 Å². The Morgan fingerprint density at radius 1 is 0.727 bits per heavy atom. The van der Waals surface area contributed by atoms with Crippen LogP contribution in [0.15, 0.2) is 48.5 Å². The molecule has 3 rings (SSSR count). The standard InChI is InChI=1S/C22H28/c1-2-3-4-5-6-11-18-16-19-12-7-9-14-21(19)22-15-10-8-13-20(22)17-18/h7-10,12-15,18H,2-6,11,16-17H2,1H3. The fourth-order valence-electron chi connectivity index (χ4n) is 3.86. The van der Waals surface area contributed by atoms with Gasteiger partial charge >= 0.3 is 0 Å². The lowest BCUT2D eigenvalue weighted by molar-refractivity contribution is 0.450. The summed E-state index contributed by atoms with van der Waals surface area (Å²) in [6.45, 7) is 2.29. The van der Waals surface area contributed by atoms with Crippen molar-refractivity contribution in [1.29, 1.82) is 0 Å². The van der Waals surface area contributed by atoms with Crippen LogP contribution in [0.3, 0.4) is 0 Å². The molecule has 0 fully saturated rings. The van der Waals surface area contributed by atoms with Crippen molar-refractivity contribution in [2.45, 2.75) is 58.3 Å². The lowest BCUT2D eigenvalue weighted by Gasteiger charge is -2.15. The zero-order valence-electron chi connectivity index (χ0n) is 13.9. The van der Waals surface area contributed by atoms with Gasteiger partial charge in [-0.1, -0.05) is 87.6 Å². The van der Waals surface area contributed by atoms with E-state index in [1.165, 1.54) is 62.5 Å². The second kappa shape index (κ2) is 7.63. The van der Waals surface area contributed by atoms with Gasteiger partial charge < -0.3 is 0 Å². The van der Waals surface area contributed by atoms with E-state index in [1.807, 2.05) is 0 Å². The summed E-state index contributed by atoms with van der Waals surface area (Å²) in [5.41, 5.74) is 6.02. The average molecular weight is 292 g/mol. The summed E-state index contributed by atoms with van der Waals surface area (Å²) in [5, 5.41) is 0. The maximum absolute atomic E-state index is 2.33. The van der Waals surface area contributed by atoms with E-state index >= 15 is 0 Å². The number of fused-ring (bicyclic) bond motifs is 3. The van der Waals surface area contributed by atoms with Gasteiger partial charge in [0.2, 0.25) is 0 Å². The maximum atomic E-state index is 2.33. The molecule has 1 aliphatic carbocycles. The number of rotatable bonds is 6. The molecule has 0 heteroatoms. The van der Waals surface area contributed by atoms with Crippen molar-refractivity contribution in [3.63, 3.8) is 0 Å². The van der Waals surface area contributed by atoms with Crippen molar-refractivity contribution in [2.75, 3.05) is 0 Å². The highest BCUT2D eigenvalue weighted by atomic mass is 14.2. The molecule has 0 nitrogen and oxygen atoms in total. The molecule has 0 bridgehead atoms. The van der Waals surface area contributed by atoms with Crippen LogP contribution in [0.4, 0.5) is 0 Å². The molecule has 0 aliphatic heterocycles. The van der Waals surface area contributed by atoms with Gasteiger partial charge in [-0.3, -0.25) is 0 Å². The van der Waals surface area contributed by atoms with Crippen LogP contribution in [0, 0.1) is 5.92 Å². The van der Waals surface area contributed by atoms with Crippen molar-refractivity contribution >= 4 is 0 Å². The molecule has 0 radical (unpaired) electrons. The van der Waals surface area contributed by atoms with E-state index in [9.17, 15) is 0 Å². The summed E-state index contributed by atoms with van der Waals surface area (Å²) in [7, 11) is 0. The third kappa shape index (κ3) is 3.61. The Balaban J connectivity index is 1.74. The molecule has 116 valence electrons. The maximum Gasteiger partial charge on any atom is -0.0149 e. The lowest BCUT2D eigenvalue weighted by atomic mass is 9.90. The van der Waals surface area contributed by atoms with E-state index in [1.54, 1.807) is 11.1 Å². The van der Waals surface area contributed by atoms with Gasteiger partial charge in [-0.25, -0.2) is 0 Å². The summed E-state index contributed by atoms with van der Waals surface area (Å²) < 4.78 is 0. The van der Waals surface area contributed by atoms with Crippen molar-refractivity contribution in [3.8, 4) is 11.1 Å².